The molecule has 1 aromatic rings. The van der Waals surface area contributed by atoms with E-state index < -0.39 is 4.92 Å². The highest BCUT2D eigenvalue weighted by Crippen LogP contribution is 2.25. The van der Waals surface area contributed by atoms with Crippen molar-refractivity contribution in [3.8, 4) is 5.75 Å². The number of allylic oxidation sites excluding steroid dienone is 1. The lowest BCUT2D eigenvalue weighted by molar-refractivity contribution is -0.384. The zero-order chi connectivity index (χ0) is 13.0. The largest absolute Gasteiger partial charge is 0.486 e. The molecule has 0 radical (unpaired) electrons. The van der Waals surface area contributed by atoms with Gasteiger partial charge in [0, 0.05) is 12.1 Å². The number of carbonyl (C=O) groups excluding carboxylic acids is 1. The average molecular weight is 247 g/mol. The van der Waals surface area contributed by atoms with E-state index in [-0.39, 0.29) is 17.4 Å². The Hall–Kier alpha value is -2.17. The van der Waals surface area contributed by atoms with Gasteiger partial charge in [-0.3, -0.25) is 14.9 Å². The van der Waals surface area contributed by atoms with Gasteiger partial charge in [-0.05, 0) is 31.4 Å². The lowest BCUT2D eigenvalue weighted by atomic mass is 10.1. The predicted octanol–water partition coefficient (Wildman–Crippen LogP) is 2.89. The normalized spacial score (nSPS) is 18.3. The number of nitrogens with zero attached hydrogens (tertiary/aromatic N) is 1. The maximum absolute atomic E-state index is 10.9. The number of aldehydes is 1. The molecule has 0 N–H and O–H groups in total. The summed E-state index contributed by atoms with van der Waals surface area (Å²) in [4.78, 5) is 21.0. The number of hydrogen-bond acceptors (Lipinski definition) is 4. The number of ether oxygens (including phenoxy) is 1. The average Bonchev–Trinajstić information content (AvgIpc) is 2.40. The molecular weight excluding hydrogens is 234 g/mol. The van der Waals surface area contributed by atoms with E-state index in [0.29, 0.717) is 12.0 Å². The highest BCUT2D eigenvalue weighted by molar-refractivity contribution is 5.80. The van der Waals surface area contributed by atoms with Crippen LogP contribution in [0.5, 0.6) is 5.75 Å². The standard InChI is InChI=1S/C13H13NO4/c15-9-10-8-11(14(16)17)6-7-13(10)18-12-4-2-1-3-5-12/h2,4,6-9,12H,1,3,5H2. The van der Waals surface area contributed by atoms with Gasteiger partial charge in [0.2, 0.25) is 0 Å². The second-order valence-corrected chi connectivity index (χ2v) is 4.11. The van der Waals surface area contributed by atoms with Crippen molar-refractivity contribution in [2.75, 3.05) is 0 Å². The first-order valence-corrected chi connectivity index (χ1v) is 5.77. The number of non-ortho nitro benzene ring substituents is 1. The third-order valence-corrected chi connectivity index (χ3v) is 2.82. The summed E-state index contributed by atoms with van der Waals surface area (Å²) in [6.45, 7) is 0. The van der Waals surface area contributed by atoms with Crippen molar-refractivity contribution >= 4 is 12.0 Å². The molecule has 0 saturated carbocycles. The fourth-order valence-corrected chi connectivity index (χ4v) is 1.89. The fraction of sp³-hybridized carbons (Fsp3) is 0.308. The Balaban J connectivity index is 2.21. The quantitative estimate of drug-likeness (QED) is 0.355. The van der Waals surface area contributed by atoms with E-state index in [1.54, 1.807) is 0 Å². The minimum absolute atomic E-state index is 0.0566. The lowest BCUT2D eigenvalue weighted by Gasteiger charge is -2.19. The number of nitro benzene ring substituents is 1. The zero-order valence-electron chi connectivity index (χ0n) is 9.74. The molecule has 1 aliphatic carbocycles. The molecule has 1 aliphatic rings. The summed E-state index contributed by atoms with van der Waals surface area (Å²) in [5.74, 6) is 0.396. The Bertz CT molecular complexity index is 496. The van der Waals surface area contributed by atoms with Gasteiger partial charge in [0.15, 0.2) is 6.29 Å². The zero-order valence-corrected chi connectivity index (χ0v) is 9.74. The van der Waals surface area contributed by atoms with Gasteiger partial charge in [0.25, 0.3) is 5.69 Å². The van der Waals surface area contributed by atoms with E-state index in [9.17, 15) is 14.9 Å². The number of benzene rings is 1. The Morgan fingerprint density at radius 2 is 2.28 bits per heavy atom. The van der Waals surface area contributed by atoms with Gasteiger partial charge in [-0.1, -0.05) is 6.08 Å². The van der Waals surface area contributed by atoms with Crippen molar-refractivity contribution in [1.82, 2.24) is 0 Å². The molecule has 0 bridgehead atoms. The highest BCUT2D eigenvalue weighted by atomic mass is 16.6. The van der Waals surface area contributed by atoms with Crippen molar-refractivity contribution in [3.63, 3.8) is 0 Å². The summed E-state index contributed by atoms with van der Waals surface area (Å²) in [6.07, 6.45) is 7.50. The molecular formula is C13H13NO4. The lowest BCUT2D eigenvalue weighted by Crippen LogP contribution is -2.16. The molecule has 2 rings (SSSR count). The van der Waals surface area contributed by atoms with Crippen molar-refractivity contribution in [2.45, 2.75) is 25.4 Å². The molecule has 1 unspecified atom stereocenters. The molecule has 5 nitrogen and oxygen atoms in total. The Kier molecular flexibility index (Phi) is 3.72. The van der Waals surface area contributed by atoms with Crippen LogP contribution in [0.4, 0.5) is 5.69 Å². The van der Waals surface area contributed by atoms with Crippen LogP contribution < -0.4 is 4.74 Å². The van der Waals surface area contributed by atoms with Crippen LogP contribution >= 0.6 is 0 Å². The molecule has 1 atom stereocenters. The molecule has 18 heavy (non-hydrogen) atoms. The maximum Gasteiger partial charge on any atom is 0.270 e. The van der Waals surface area contributed by atoms with E-state index in [1.807, 2.05) is 12.2 Å². The van der Waals surface area contributed by atoms with Crippen LogP contribution in [0, 0.1) is 10.1 Å². The highest BCUT2D eigenvalue weighted by Gasteiger charge is 2.15. The third kappa shape index (κ3) is 2.74. The summed E-state index contributed by atoms with van der Waals surface area (Å²) in [7, 11) is 0. The van der Waals surface area contributed by atoms with Crippen LogP contribution in [-0.2, 0) is 0 Å². The number of nitro groups is 1. The molecule has 94 valence electrons. The first-order chi connectivity index (χ1) is 8.70. The summed E-state index contributed by atoms with van der Waals surface area (Å²) in [6, 6.07) is 4.05. The van der Waals surface area contributed by atoms with E-state index in [4.69, 9.17) is 4.74 Å². The number of rotatable bonds is 4. The van der Waals surface area contributed by atoms with Gasteiger partial charge in [-0.2, -0.15) is 0 Å². The van der Waals surface area contributed by atoms with E-state index in [0.717, 1.165) is 19.3 Å². The first-order valence-electron chi connectivity index (χ1n) is 5.77. The maximum atomic E-state index is 10.9. The molecule has 0 heterocycles. The second-order valence-electron chi connectivity index (χ2n) is 4.11. The van der Waals surface area contributed by atoms with Gasteiger partial charge in [0.05, 0.1) is 10.5 Å². The minimum Gasteiger partial charge on any atom is -0.486 e. The van der Waals surface area contributed by atoms with Crippen LogP contribution in [0.1, 0.15) is 29.6 Å². The molecule has 0 saturated heterocycles. The van der Waals surface area contributed by atoms with Crippen LogP contribution in [0.25, 0.3) is 0 Å². The van der Waals surface area contributed by atoms with E-state index in [2.05, 4.69) is 0 Å². The summed E-state index contributed by atoms with van der Waals surface area (Å²) >= 11 is 0. The summed E-state index contributed by atoms with van der Waals surface area (Å²) < 4.78 is 5.67. The van der Waals surface area contributed by atoms with Crippen LogP contribution in [0.3, 0.4) is 0 Å². The van der Waals surface area contributed by atoms with Crippen molar-refractivity contribution < 1.29 is 14.5 Å². The van der Waals surface area contributed by atoms with Gasteiger partial charge in [0.1, 0.15) is 11.9 Å². The Morgan fingerprint density at radius 1 is 1.44 bits per heavy atom. The predicted molar refractivity (Wildman–Crippen MR) is 65.9 cm³/mol. The van der Waals surface area contributed by atoms with Crippen LogP contribution in [0.15, 0.2) is 30.4 Å². The summed E-state index contributed by atoms with van der Waals surface area (Å²) in [5.41, 5.74) is 0.104. The van der Waals surface area contributed by atoms with Gasteiger partial charge in [-0.25, -0.2) is 0 Å². The third-order valence-electron chi connectivity index (χ3n) is 2.82. The van der Waals surface area contributed by atoms with Crippen LogP contribution in [0.2, 0.25) is 0 Å². The second kappa shape index (κ2) is 5.44. The van der Waals surface area contributed by atoms with Crippen molar-refractivity contribution in [1.29, 1.82) is 0 Å². The van der Waals surface area contributed by atoms with E-state index >= 15 is 0 Å². The smallest absolute Gasteiger partial charge is 0.270 e. The molecule has 0 amide bonds. The Labute approximate surface area is 104 Å². The van der Waals surface area contributed by atoms with Gasteiger partial charge in [-0.15, -0.1) is 0 Å². The minimum atomic E-state index is -0.530. The molecule has 0 fully saturated rings. The molecule has 0 aliphatic heterocycles. The van der Waals surface area contributed by atoms with E-state index in [1.165, 1.54) is 18.2 Å². The van der Waals surface area contributed by atoms with Crippen LogP contribution in [-0.4, -0.2) is 17.3 Å². The van der Waals surface area contributed by atoms with Crippen molar-refractivity contribution in [2.24, 2.45) is 0 Å². The molecule has 1 aromatic carbocycles. The fourth-order valence-electron chi connectivity index (χ4n) is 1.89. The first kappa shape index (κ1) is 12.3. The SMILES string of the molecule is O=Cc1cc([N+](=O)[O-])ccc1OC1C=CCCC1. The monoisotopic (exact) mass is 247 g/mol. The van der Waals surface area contributed by atoms with Gasteiger partial charge < -0.3 is 4.74 Å². The number of carbonyl (C=O) groups is 1. The molecule has 5 heteroatoms. The summed E-state index contributed by atoms with van der Waals surface area (Å²) in [5, 5.41) is 10.6. The molecule has 0 spiro atoms. The topological polar surface area (TPSA) is 69.4 Å². The molecule has 0 aromatic heterocycles. The number of hydrogen-bond donors (Lipinski definition) is 0. The van der Waals surface area contributed by atoms with Gasteiger partial charge >= 0.3 is 0 Å². The Morgan fingerprint density at radius 3 is 2.89 bits per heavy atom. The van der Waals surface area contributed by atoms with Crippen molar-refractivity contribution in [3.05, 3.63) is 46.0 Å².